The molecule has 2 rings (SSSR count). The van der Waals surface area contributed by atoms with Gasteiger partial charge in [0.15, 0.2) is 0 Å². The number of ether oxygens (including phenoxy) is 1. The quantitative estimate of drug-likeness (QED) is 0.910. The van der Waals surface area contributed by atoms with Gasteiger partial charge in [-0.05, 0) is 30.9 Å². The van der Waals surface area contributed by atoms with Crippen molar-refractivity contribution in [2.75, 3.05) is 19.8 Å². The summed E-state index contributed by atoms with van der Waals surface area (Å²) in [5.41, 5.74) is -0.0184. The standard InChI is InChI=1S/C14H16F2N2O/c15-13-4-11(6-17)5-14(16)12(13)8-18-7-10-2-1-3-19-9-10/h4-5,10,18H,1-3,7-9H2. The molecule has 0 spiro atoms. The molecule has 0 aliphatic carbocycles. The van der Waals surface area contributed by atoms with E-state index in [1.807, 2.05) is 0 Å². The monoisotopic (exact) mass is 266 g/mol. The van der Waals surface area contributed by atoms with Gasteiger partial charge in [-0.1, -0.05) is 0 Å². The molecule has 1 unspecified atom stereocenters. The Labute approximate surface area is 111 Å². The van der Waals surface area contributed by atoms with E-state index in [2.05, 4.69) is 5.32 Å². The summed E-state index contributed by atoms with van der Waals surface area (Å²) in [5, 5.41) is 11.7. The molecule has 19 heavy (non-hydrogen) atoms. The van der Waals surface area contributed by atoms with Gasteiger partial charge in [-0.15, -0.1) is 0 Å². The smallest absolute Gasteiger partial charge is 0.131 e. The molecule has 1 N–H and O–H groups in total. The number of nitriles is 1. The van der Waals surface area contributed by atoms with Gasteiger partial charge < -0.3 is 10.1 Å². The van der Waals surface area contributed by atoms with Gasteiger partial charge in [0.2, 0.25) is 0 Å². The zero-order valence-corrected chi connectivity index (χ0v) is 10.6. The van der Waals surface area contributed by atoms with Crippen molar-refractivity contribution in [2.45, 2.75) is 19.4 Å². The molecule has 1 atom stereocenters. The lowest BCUT2D eigenvalue weighted by molar-refractivity contribution is 0.0547. The van der Waals surface area contributed by atoms with Crippen molar-refractivity contribution in [3.05, 3.63) is 34.9 Å². The van der Waals surface area contributed by atoms with Crippen LogP contribution in [0.25, 0.3) is 0 Å². The molecule has 0 amide bonds. The van der Waals surface area contributed by atoms with Gasteiger partial charge in [0, 0.05) is 25.3 Å². The van der Waals surface area contributed by atoms with Crippen molar-refractivity contribution in [3.63, 3.8) is 0 Å². The molecule has 1 fully saturated rings. The third kappa shape index (κ3) is 3.72. The minimum atomic E-state index is -0.677. The summed E-state index contributed by atoms with van der Waals surface area (Å²) in [4.78, 5) is 0. The van der Waals surface area contributed by atoms with E-state index in [9.17, 15) is 8.78 Å². The first-order chi connectivity index (χ1) is 9.20. The topological polar surface area (TPSA) is 45.0 Å². The summed E-state index contributed by atoms with van der Waals surface area (Å²) in [6, 6.07) is 3.85. The van der Waals surface area contributed by atoms with E-state index in [1.54, 1.807) is 6.07 Å². The molecule has 0 bridgehead atoms. The Morgan fingerprint density at radius 2 is 2.11 bits per heavy atom. The second-order valence-corrected chi connectivity index (χ2v) is 4.74. The van der Waals surface area contributed by atoms with Crippen LogP contribution >= 0.6 is 0 Å². The van der Waals surface area contributed by atoms with Crippen LogP contribution in [0.1, 0.15) is 24.0 Å². The molecule has 1 saturated heterocycles. The van der Waals surface area contributed by atoms with Crippen LogP contribution in [0, 0.1) is 28.9 Å². The third-order valence-electron chi connectivity index (χ3n) is 3.26. The number of benzene rings is 1. The van der Waals surface area contributed by atoms with Gasteiger partial charge >= 0.3 is 0 Å². The molecular formula is C14H16F2N2O. The lowest BCUT2D eigenvalue weighted by Gasteiger charge is -2.22. The average molecular weight is 266 g/mol. The SMILES string of the molecule is N#Cc1cc(F)c(CNCC2CCCOC2)c(F)c1. The van der Waals surface area contributed by atoms with E-state index in [1.165, 1.54) is 0 Å². The first kappa shape index (κ1) is 13.9. The minimum absolute atomic E-state index is 0.000527. The zero-order valence-electron chi connectivity index (χ0n) is 10.6. The molecule has 1 aromatic carbocycles. The number of hydrogen-bond acceptors (Lipinski definition) is 3. The fourth-order valence-electron chi connectivity index (χ4n) is 2.21. The summed E-state index contributed by atoms with van der Waals surface area (Å²) in [7, 11) is 0. The maximum atomic E-state index is 13.6. The highest BCUT2D eigenvalue weighted by Gasteiger charge is 2.15. The van der Waals surface area contributed by atoms with Gasteiger partial charge in [-0.2, -0.15) is 5.26 Å². The van der Waals surface area contributed by atoms with Crippen molar-refractivity contribution in [3.8, 4) is 6.07 Å². The number of rotatable bonds is 4. The van der Waals surface area contributed by atoms with E-state index in [-0.39, 0.29) is 17.7 Å². The average Bonchev–Trinajstić information content (AvgIpc) is 2.42. The molecule has 0 radical (unpaired) electrons. The highest BCUT2D eigenvalue weighted by molar-refractivity contribution is 5.34. The van der Waals surface area contributed by atoms with Gasteiger partial charge in [-0.25, -0.2) is 8.78 Å². The molecule has 1 aliphatic heterocycles. The van der Waals surface area contributed by atoms with Crippen LogP contribution < -0.4 is 5.32 Å². The Hall–Kier alpha value is -1.51. The number of nitrogens with one attached hydrogen (secondary N) is 1. The minimum Gasteiger partial charge on any atom is -0.381 e. The molecular weight excluding hydrogens is 250 g/mol. The van der Waals surface area contributed by atoms with Crippen molar-refractivity contribution < 1.29 is 13.5 Å². The van der Waals surface area contributed by atoms with Crippen LogP contribution in [-0.4, -0.2) is 19.8 Å². The Morgan fingerprint density at radius 3 is 2.68 bits per heavy atom. The van der Waals surface area contributed by atoms with E-state index in [0.717, 1.165) is 31.6 Å². The number of nitrogens with zero attached hydrogens (tertiary/aromatic N) is 1. The number of halogens is 2. The maximum Gasteiger partial charge on any atom is 0.131 e. The predicted octanol–water partition coefficient (Wildman–Crippen LogP) is 2.35. The Kier molecular flexibility index (Phi) is 4.83. The van der Waals surface area contributed by atoms with E-state index < -0.39 is 11.6 Å². The second kappa shape index (κ2) is 6.60. The lowest BCUT2D eigenvalue weighted by atomic mass is 10.0. The van der Waals surface area contributed by atoms with E-state index in [0.29, 0.717) is 19.1 Å². The van der Waals surface area contributed by atoms with Crippen LogP contribution in [0.3, 0.4) is 0 Å². The Bertz CT molecular complexity index is 456. The Morgan fingerprint density at radius 1 is 1.37 bits per heavy atom. The molecule has 0 aromatic heterocycles. The van der Waals surface area contributed by atoms with Crippen LogP contribution in [-0.2, 0) is 11.3 Å². The summed E-state index contributed by atoms with van der Waals surface area (Å²) in [6.07, 6.45) is 2.11. The van der Waals surface area contributed by atoms with Crippen molar-refractivity contribution in [1.82, 2.24) is 5.32 Å². The Balaban J connectivity index is 1.90. The molecule has 1 aliphatic rings. The fraction of sp³-hybridized carbons (Fsp3) is 0.500. The van der Waals surface area contributed by atoms with Crippen LogP contribution in [0.4, 0.5) is 8.78 Å². The summed E-state index contributed by atoms with van der Waals surface area (Å²) >= 11 is 0. The summed E-state index contributed by atoms with van der Waals surface area (Å²) in [5.74, 6) is -0.953. The molecule has 1 heterocycles. The van der Waals surface area contributed by atoms with E-state index in [4.69, 9.17) is 10.00 Å². The van der Waals surface area contributed by atoms with Crippen LogP contribution in [0.5, 0.6) is 0 Å². The lowest BCUT2D eigenvalue weighted by Crippen LogP contribution is -2.29. The van der Waals surface area contributed by atoms with Gasteiger partial charge in [0.05, 0.1) is 18.2 Å². The van der Waals surface area contributed by atoms with Crippen molar-refractivity contribution >= 4 is 0 Å². The third-order valence-corrected chi connectivity index (χ3v) is 3.26. The first-order valence-corrected chi connectivity index (χ1v) is 6.37. The fourth-order valence-corrected chi connectivity index (χ4v) is 2.21. The summed E-state index contributed by atoms with van der Waals surface area (Å²) < 4.78 is 32.6. The van der Waals surface area contributed by atoms with Gasteiger partial charge in [0.25, 0.3) is 0 Å². The molecule has 0 saturated carbocycles. The number of hydrogen-bond donors (Lipinski definition) is 1. The molecule has 102 valence electrons. The van der Waals surface area contributed by atoms with E-state index >= 15 is 0 Å². The second-order valence-electron chi connectivity index (χ2n) is 4.74. The largest absolute Gasteiger partial charge is 0.381 e. The molecule has 5 heteroatoms. The first-order valence-electron chi connectivity index (χ1n) is 6.37. The van der Waals surface area contributed by atoms with Crippen molar-refractivity contribution in [1.29, 1.82) is 5.26 Å². The maximum absolute atomic E-state index is 13.6. The zero-order chi connectivity index (χ0) is 13.7. The van der Waals surface area contributed by atoms with Crippen LogP contribution in [0.2, 0.25) is 0 Å². The predicted molar refractivity (Wildman–Crippen MR) is 66.3 cm³/mol. The highest BCUT2D eigenvalue weighted by atomic mass is 19.1. The van der Waals surface area contributed by atoms with Gasteiger partial charge in [-0.3, -0.25) is 0 Å². The molecule has 3 nitrogen and oxygen atoms in total. The van der Waals surface area contributed by atoms with Gasteiger partial charge in [0.1, 0.15) is 11.6 Å². The molecule has 1 aromatic rings. The highest BCUT2D eigenvalue weighted by Crippen LogP contribution is 2.16. The van der Waals surface area contributed by atoms with Crippen molar-refractivity contribution in [2.24, 2.45) is 5.92 Å². The summed E-state index contributed by atoms with van der Waals surface area (Å²) in [6.45, 7) is 2.31. The normalized spacial score (nSPS) is 19.1. The van der Waals surface area contributed by atoms with Crippen LogP contribution in [0.15, 0.2) is 12.1 Å².